The number of nitrogens with two attached hydrogens (primary N) is 1. The van der Waals surface area contributed by atoms with Crippen molar-refractivity contribution in [3.63, 3.8) is 0 Å². The third-order valence-corrected chi connectivity index (χ3v) is 2.91. The molecule has 0 amide bonds. The van der Waals surface area contributed by atoms with Crippen molar-refractivity contribution in [3.8, 4) is 0 Å². The molecule has 0 saturated heterocycles. The minimum atomic E-state index is 0.660. The van der Waals surface area contributed by atoms with E-state index in [4.69, 9.17) is 5.73 Å². The third-order valence-electron chi connectivity index (χ3n) is 2.91. The third kappa shape index (κ3) is 2.99. The Morgan fingerprint density at radius 2 is 2.00 bits per heavy atom. The Kier molecular flexibility index (Phi) is 3.82. The Bertz CT molecular complexity index is 534. The van der Waals surface area contributed by atoms with Crippen LogP contribution in [0.3, 0.4) is 0 Å². The average Bonchev–Trinajstić information content (AvgIpc) is 2.27. The molecule has 2 N–H and O–H groups in total. The molecule has 2 aromatic rings. The fourth-order valence-electron chi connectivity index (χ4n) is 2.30. The predicted molar refractivity (Wildman–Crippen MR) is 77.3 cm³/mol. The summed E-state index contributed by atoms with van der Waals surface area (Å²) in [6.45, 7) is 6.35. The van der Waals surface area contributed by atoms with E-state index in [0.29, 0.717) is 5.92 Å². The minimum absolute atomic E-state index is 0.660. The maximum absolute atomic E-state index is 6.08. The Morgan fingerprint density at radius 1 is 1.28 bits per heavy atom. The van der Waals surface area contributed by atoms with E-state index in [9.17, 15) is 0 Å². The van der Waals surface area contributed by atoms with Gasteiger partial charge in [-0.15, -0.1) is 0 Å². The van der Waals surface area contributed by atoms with Crippen LogP contribution in [-0.2, 0) is 6.54 Å². The SMILES string of the molecule is CC(C)CN(C)Cc1cc(N)c2ccccc2n1. The lowest BCUT2D eigenvalue weighted by molar-refractivity contribution is 0.285. The molecule has 1 aromatic carbocycles. The lowest BCUT2D eigenvalue weighted by Crippen LogP contribution is -2.23. The van der Waals surface area contributed by atoms with Crippen molar-refractivity contribution in [1.29, 1.82) is 0 Å². The molecular weight excluding hydrogens is 222 g/mol. The first-order chi connectivity index (χ1) is 8.56. The molecule has 0 unspecified atom stereocenters. The van der Waals surface area contributed by atoms with Crippen LogP contribution in [0, 0.1) is 5.92 Å². The van der Waals surface area contributed by atoms with Crippen molar-refractivity contribution in [3.05, 3.63) is 36.0 Å². The van der Waals surface area contributed by atoms with Crippen LogP contribution in [0.25, 0.3) is 10.9 Å². The first kappa shape index (κ1) is 12.8. The van der Waals surface area contributed by atoms with Crippen molar-refractivity contribution >= 4 is 16.6 Å². The Labute approximate surface area is 109 Å². The smallest absolute Gasteiger partial charge is 0.0726 e. The number of para-hydroxylation sites is 1. The number of hydrogen-bond acceptors (Lipinski definition) is 3. The van der Waals surface area contributed by atoms with E-state index in [0.717, 1.165) is 35.4 Å². The van der Waals surface area contributed by atoms with Crippen LogP contribution in [-0.4, -0.2) is 23.5 Å². The Hall–Kier alpha value is -1.61. The number of hydrogen-bond donors (Lipinski definition) is 1. The van der Waals surface area contributed by atoms with Gasteiger partial charge in [0.1, 0.15) is 0 Å². The average molecular weight is 243 g/mol. The van der Waals surface area contributed by atoms with E-state index in [2.05, 4.69) is 30.8 Å². The van der Waals surface area contributed by atoms with E-state index in [1.807, 2.05) is 30.3 Å². The van der Waals surface area contributed by atoms with Gasteiger partial charge in [0.25, 0.3) is 0 Å². The minimum Gasteiger partial charge on any atom is -0.398 e. The highest BCUT2D eigenvalue weighted by Crippen LogP contribution is 2.20. The summed E-state index contributed by atoms with van der Waals surface area (Å²) in [5, 5.41) is 1.03. The second-order valence-corrected chi connectivity index (χ2v) is 5.31. The number of aromatic nitrogens is 1. The normalized spacial score (nSPS) is 11.6. The predicted octanol–water partition coefficient (Wildman–Crippen LogP) is 2.90. The van der Waals surface area contributed by atoms with Crippen LogP contribution in [0.1, 0.15) is 19.5 Å². The molecule has 1 aromatic heterocycles. The number of fused-ring (bicyclic) bond motifs is 1. The molecule has 3 nitrogen and oxygen atoms in total. The molecule has 96 valence electrons. The molecule has 0 aliphatic heterocycles. The number of anilines is 1. The summed E-state index contributed by atoms with van der Waals surface area (Å²) in [6, 6.07) is 10.00. The van der Waals surface area contributed by atoms with E-state index >= 15 is 0 Å². The van der Waals surface area contributed by atoms with Gasteiger partial charge in [-0.3, -0.25) is 4.98 Å². The van der Waals surface area contributed by atoms with Crippen LogP contribution < -0.4 is 5.73 Å². The van der Waals surface area contributed by atoms with E-state index in [1.165, 1.54) is 0 Å². The van der Waals surface area contributed by atoms with E-state index in [1.54, 1.807) is 0 Å². The zero-order valence-corrected chi connectivity index (χ0v) is 11.4. The number of rotatable bonds is 4. The molecule has 0 spiro atoms. The molecule has 0 aliphatic rings. The van der Waals surface area contributed by atoms with Crippen molar-refractivity contribution in [2.75, 3.05) is 19.3 Å². The maximum Gasteiger partial charge on any atom is 0.0726 e. The van der Waals surface area contributed by atoms with Gasteiger partial charge in [0.2, 0.25) is 0 Å². The van der Waals surface area contributed by atoms with Crippen LogP contribution in [0.5, 0.6) is 0 Å². The molecule has 0 saturated carbocycles. The largest absolute Gasteiger partial charge is 0.398 e. The highest BCUT2D eigenvalue weighted by atomic mass is 15.1. The topological polar surface area (TPSA) is 42.1 Å². The fourth-order valence-corrected chi connectivity index (χ4v) is 2.30. The van der Waals surface area contributed by atoms with Gasteiger partial charge in [-0.1, -0.05) is 32.0 Å². The summed E-state index contributed by atoms with van der Waals surface area (Å²) in [4.78, 5) is 6.94. The molecule has 3 heteroatoms. The van der Waals surface area contributed by atoms with Gasteiger partial charge >= 0.3 is 0 Å². The molecule has 0 atom stereocenters. The summed E-state index contributed by atoms with van der Waals surface area (Å²) in [5.41, 5.74) is 8.90. The first-order valence-corrected chi connectivity index (χ1v) is 6.39. The van der Waals surface area contributed by atoms with Crippen molar-refractivity contribution < 1.29 is 0 Å². The summed E-state index contributed by atoms with van der Waals surface area (Å²) in [5.74, 6) is 0.660. The molecule has 0 fully saturated rings. The second-order valence-electron chi connectivity index (χ2n) is 5.31. The Morgan fingerprint density at radius 3 is 2.72 bits per heavy atom. The number of benzene rings is 1. The van der Waals surface area contributed by atoms with Crippen molar-refractivity contribution in [2.45, 2.75) is 20.4 Å². The lowest BCUT2D eigenvalue weighted by atomic mass is 10.1. The Balaban J connectivity index is 2.24. The quantitative estimate of drug-likeness (QED) is 0.897. The highest BCUT2D eigenvalue weighted by molar-refractivity contribution is 5.90. The van der Waals surface area contributed by atoms with Crippen molar-refractivity contribution in [1.82, 2.24) is 9.88 Å². The molecule has 2 rings (SSSR count). The molecule has 0 radical (unpaired) electrons. The molecule has 18 heavy (non-hydrogen) atoms. The summed E-state index contributed by atoms with van der Waals surface area (Å²) < 4.78 is 0. The lowest BCUT2D eigenvalue weighted by Gasteiger charge is -2.18. The molecule has 0 aliphatic carbocycles. The first-order valence-electron chi connectivity index (χ1n) is 6.39. The number of nitrogens with zero attached hydrogens (tertiary/aromatic N) is 2. The van der Waals surface area contributed by atoms with Crippen LogP contribution in [0.15, 0.2) is 30.3 Å². The van der Waals surface area contributed by atoms with E-state index in [-0.39, 0.29) is 0 Å². The van der Waals surface area contributed by atoms with Crippen LogP contribution in [0.2, 0.25) is 0 Å². The maximum atomic E-state index is 6.08. The zero-order valence-electron chi connectivity index (χ0n) is 11.4. The van der Waals surface area contributed by atoms with Gasteiger partial charge in [0.15, 0.2) is 0 Å². The standard InChI is InChI=1S/C15H21N3/c1-11(2)9-18(3)10-12-8-14(16)13-6-4-5-7-15(13)17-12/h4-8,11H,9-10H2,1-3H3,(H2,16,17). The van der Waals surface area contributed by atoms with Gasteiger partial charge in [0, 0.05) is 24.2 Å². The molecule has 1 heterocycles. The number of pyridine rings is 1. The van der Waals surface area contributed by atoms with E-state index < -0.39 is 0 Å². The second kappa shape index (κ2) is 5.36. The fraction of sp³-hybridized carbons (Fsp3) is 0.400. The summed E-state index contributed by atoms with van der Waals surface area (Å²) in [7, 11) is 2.12. The summed E-state index contributed by atoms with van der Waals surface area (Å²) in [6.07, 6.45) is 0. The molecular formula is C15H21N3. The molecule has 0 bridgehead atoms. The van der Waals surface area contributed by atoms with Gasteiger partial charge in [-0.05, 0) is 25.1 Å². The van der Waals surface area contributed by atoms with Crippen LogP contribution >= 0.6 is 0 Å². The summed E-state index contributed by atoms with van der Waals surface area (Å²) >= 11 is 0. The van der Waals surface area contributed by atoms with Gasteiger partial charge in [0.05, 0.1) is 11.2 Å². The number of nitrogen functional groups attached to an aromatic ring is 1. The van der Waals surface area contributed by atoms with Crippen LogP contribution in [0.4, 0.5) is 5.69 Å². The zero-order chi connectivity index (χ0) is 13.1. The van der Waals surface area contributed by atoms with Crippen molar-refractivity contribution in [2.24, 2.45) is 5.92 Å². The van der Waals surface area contributed by atoms with Gasteiger partial charge < -0.3 is 10.6 Å². The van der Waals surface area contributed by atoms with Gasteiger partial charge in [-0.25, -0.2) is 0 Å². The highest BCUT2D eigenvalue weighted by Gasteiger charge is 2.07. The monoisotopic (exact) mass is 243 g/mol. The van der Waals surface area contributed by atoms with Gasteiger partial charge in [-0.2, -0.15) is 0 Å².